The van der Waals surface area contributed by atoms with Crippen LogP contribution in [-0.2, 0) is 35.6 Å². The number of aliphatic hydroxyl groups excluding tert-OH is 2. The number of hydrogen-bond acceptors (Lipinski definition) is 14. The molecule has 5 aromatic carbocycles. The van der Waals surface area contributed by atoms with E-state index < -0.39 is 24.5 Å². The molecule has 0 bridgehead atoms. The quantitative estimate of drug-likeness (QED) is 0.0459. The number of carbonyl (C=O) groups excluding carboxylic acids is 4. The van der Waals surface area contributed by atoms with E-state index in [9.17, 15) is 29.4 Å². The van der Waals surface area contributed by atoms with E-state index in [4.69, 9.17) is 24.7 Å². The van der Waals surface area contributed by atoms with Crippen molar-refractivity contribution < 1.29 is 48.3 Å². The summed E-state index contributed by atoms with van der Waals surface area (Å²) < 4.78 is 24.1. The van der Waals surface area contributed by atoms with E-state index in [0.717, 1.165) is 22.5 Å². The number of nitrogens with zero attached hydrogens (tertiary/aromatic N) is 2. The number of fused-ring (bicyclic) bond motifs is 8. The number of primary amides is 1. The highest BCUT2D eigenvalue weighted by Crippen LogP contribution is 2.45. The monoisotopic (exact) mass is 1000 g/mol. The smallest absolute Gasteiger partial charge is 0.260 e. The first kappa shape index (κ1) is 49.4. The minimum Gasteiger partial charge on any atom is -0.493 e. The summed E-state index contributed by atoms with van der Waals surface area (Å²) in [5.74, 6) is 0.195. The van der Waals surface area contributed by atoms with Gasteiger partial charge in [0.05, 0.1) is 48.8 Å². The van der Waals surface area contributed by atoms with Gasteiger partial charge in [-0.1, -0.05) is 64.9 Å². The molecule has 372 valence electrons. The number of nitrogens with two attached hydrogens (primary N) is 1. The van der Waals surface area contributed by atoms with Crippen molar-refractivity contribution in [3.63, 3.8) is 0 Å². The molecule has 16 nitrogen and oxygen atoms in total. The first-order chi connectivity index (χ1) is 34.1. The predicted molar refractivity (Wildman–Crippen MR) is 277 cm³/mol. The molecule has 9 rings (SSSR count). The van der Waals surface area contributed by atoms with Crippen molar-refractivity contribution in [2.75, 3.05) is 40.0 Å². The van der Waals surface area contributed by atoms with Crippen LogP contribution in [0.3, 0.4) is 0 Å². The van der Waals surface area contributed by atoms with Gasteiger partial charge in [0.1, 0.15) is 25.7 Å². The lowest BCUT2D eigenvalue weighted by Gasteiger charge is -2.26. The molecule has 0 saturated heterocycles. The Kier molecular flexibility index (Phi) is 14.3. The van der Waals surface area contributed by atoms with Crippen LogP contribution in [0.25, 0.3) is 0 Å². The van der Waals surface area contributed by atoms with Gasteiger partial charge in [0, 0.05) is 52.0 Å². The van der Waals surface area contributed by atoms with Gasteiger partial charge in [0.25, 0.3) is 11.8 Å². The van der Waals surface area contributed by atoms with E-state index in [0.29, 0.717) is 94.4 Å². The average molecular weight is 1000 g/mol. The van der Waals surface area contributed by atoms with Crippen LogP contribution in [-0.4, -0.2) is 82.6 Å². The fraction of sp³-hybridized carbons (Fsp3) is 0.358. The number of ether oxygens (including phenoxy) is 4. The molecule has 4 aliphatic rings. The Morgan fingerprint density at radius 1 is 0.746 bits per heavy atom. The van der Waals surface area contributed by atoms with E-state index >= 15 is 0 Å². The predicted octanol–water partition coefficient (Wildman–Crippen LogP) is 8.03. The van der Waals surface area contributed by atoms with Crippen molar-refractivity contribution in [3.05, 3.63) is 124 Å². The van der Waals surface area contributed by atoms with E-state index in [1.165, 1.54) is 14.2 Å². The third-order valence-electron chi connectivity index (χ3n) is 13.2. The van der Waals surface area contributed by atoms with Gasteiger partial charge in [0.15, 0.2) is 23.0 Å². The first-order valence-corrected chi connectivity index (χ1v) is 25.8. The van der Waals surface area contributed by atoms with Crippen molar-refractivity contribution in [1.29, 1.82) is 0 Å². The largest absolute Gasteiger partial charge is 0.493 e. The van der Waals surface area contributed by atoms with Crippen molar-refractivity contribution in [2.24, 2.45) is 5.73 Å². The van der Waals surface area contributed by atoms with Crippen LogP contribution in [0.5, 0.6) is 23.0 Å². The summed E-state index contributed by atoms with van der Waals surface area (Å²) in [5.41, 5.74) is 12.1. The molecule has 0 aromatic heterocycles. The van der Waals surface area contributed by atoms with Gasteiger partial charge in [-0.15, -0.1) is 0 Å². The maximum atomic E-state index is 14.1. The average Bonchev–Trinajstić information content (AvgIpc) is 3.90. The molecule has 4 amide bonds. The molecule has 18 heteroatoms. The summed E-state index contributed by atoms with van der Waals surface area (Å²) in [5, 5.41) is 32.3. The number of para-hydroxylation sites is 2. The maximum absolute atomic E-state index is 14.1. The van der Waals surface area contributed by atoms with Crippen molar-refractivity contribution in [2.45, 2.75) is 107 Å². The number of anilines is 5. The normalized spacial score (nSPS) is 19.0. The molecule has 0 saturated carbocycles. The number of aliphatic hydroxyl groups is 2. The molecule has 0 radical (unpaired) electrons. The zero-order valence-electron chi connectivity index (χ0n) is 40.2. The Bertz CT molecular complexity index is 2720. The Balaban J connectivity index is 0.956. The molecular weight excluding hydrogens is 945 g/mol. The molecular formula is C53H58N6O10S2. The number of hydrogen-bond donors (Lipinski definition) is 6. The van der Waals surface area contributed by atoms with Crippen molar-refractivity contribution >= 4 is 73.7 Å². The number of benzene rings is 5. The number of amides is 4. The molecule has 5 atom stereocenters. The van der Waals surface area contributed by atoms with Gasteiger partial charge in [-0.25, -0.2) is 0 Å². The third-order valence-corrected chi connectivity index (χ3v) is 17.1. The highest BCUT2D eigenvalue weighted by molar-refractivity contribution is 8.77. The number of rotatable bonds is 18. The zero-order valence-corrected chi connectivity index (χ0v) is 41.8. The van der Waals surface area contributed by atoms with Gasteiger partial charge in [-0.3, -0.25) is 19.2 Å². The lowest BCUT2D eigenvalue weighted by Crippen LogP contribution is -2.45. The minimum atomic E-state index is -1.06. The number of methoxy groups -OCH3 is 2. The summed E-state index contributed by atoms with van der Waals surface area (Å²) in [4.78, 5) is 56.5. The van der Waals surface area contributed by atoms with Gasteiger partial charge in [-0.05, 0) is 104 Å². The zero-order chi connectivity index (χ0) is 50.1. The molecule has 5 aromatic rings. The summed E-state index contributed by atoms with van der Waals surface area (Å²) in [6, 6.07) is 26.3. The lowest BCUT2D eigenvalue weighted by atomic mass is 10.1. The molecule has 0 spiro atoms. The maximum Gasteiger partial charge on any atom is 0.260 e. The molecule has 3 unspecified atom stereocenters. The highest BCUT2D eigenvalue weighted by atomic mass is 33.1. The van der Waals surface area contributed by atoms with Crippen molar-refractivity contribution in [1.82, 2.24) is 0 Å². The SMILES string of the molecule is COc1cc2c(cc1OCc1cc(COc3cc4c(cc3OC)C(=O)N3c5ccccc5C[C@H]3C(O)N4)cc(NC(=O)CCC(C)(C)SSC(C)CCC(N)=O)c1)NC(O)[C@@H]1Cc3ccccc3N1C2=O. The molecule has 4 aliphatic heterocycles. The Morgan fingerprint density at radius 2 is 1.24 bits per heavy atom. The second kappa shape index (κ2) is 20.6. The lowest BCUT2D eigenvalue weighted by molar-refractivity contribution is -0.118. The van der Waals surface area contributed by atoms with Gasteiger partial charge in [-0.2, -0.15) is 0 Å². The van der Waals surface area contributed by atoms with Crippen LogP contribution in [0.1, 0.15) is 89.4 Å². The molecule has 71 heavy (non-hydrogen) atoms. The van der Waals surface area contributed by atoms with Crippen LogP contribution in [0, 0.1) is 0 Å². The third kappa shape index (κ3) is 10.6. The summed E-state index contributed by atoms with van der Waals surface area (Å²) in [7, 11) is 6.34. The van der Waals surface area contributed by atoms with Gasteiger partial charge >= 0.3 is 0 Å². The van der Waals surface area contributed by atoms with Gasteiger partial charge < -0.3 is 60.6 Å². The second-order valence-corrected chi connectivity index (χ2v) is 22.2. The van der Waals surface area contributed by atoms with E-state index in [1.54, 1.807) is 55.7 Å². The van der Waals surface area contributed by atoms with E-state index in [1.807, 2.05) is 66.7 Å². The fourth-order valence-electron chi connectivity index (χ4n) is 9.49. The van der Waals surface area contributed by atoms with Gasteiger partial charge in [0.2, 0.25) is 11.8 Å². The Morgan fingerprint density at radius 3 is 1.72 bits per heavy atom. The standard InChI is InChI=1S/C53H58N6O10S2/c1-29(14-15-47(54)60)70-71-53(2,3)17-16-48(61)55-34-19-30(27-68-45-25-37-35(23-43(45)66-4)51(64)58-39-12-8-6-10-32(39)21-41(58)49(62)56-37)18-31(20-34)28-69-46-26-38-36(24-44(46)67-5)52(65)59-40-13-9-7-11-33(40)22-42(59)50(63)57-38/h6-13,18-20,23-26,29,41-42,49-50,56-57,62-63H,14-17,21-22,27-28H2,1-5H3,(H2,54,60)(H,55,61)/t29?,41-,42-,49?,50?/m0/s1. The fourth-order valence-corrected chi connectivity index (χ4v) is 12.1. The second-order valence-electron chi connectivity index (χ2n) is 18.8. The Labute approximate surface area is 420 Å². The van der Waals surface area contributed by atoms with E-state index in [-0.39, 0.29) is 53.3 Å². The highest BCUT2D eigenvalue weighted by Gasteiger charge is 2.44. The molecule has 7 N–H and O–H groups in total. The molecule has 0 aliphatic carbocycles. The van der Waals surface area contributed by atoms with Crippen molar-refractivity contribution in [3.8, 4) is 23.0 Å². The topological polar surface area (TPSA) is 214 Å². The number of carbonyl (C=O) groups is 4. The van der Waals surface area contributed by atoms with Crippen LogP contribution in [0.4, 0.5) is 28.4 Å². The first-order valence-electron chi connectivity index (χ1n) is 23.6. The minimum absolute atomic E-state index is 0.00615. The molecule has 4 heterocycles. The summed E-state index contributed by atoms with van der Waals surface area (Å²) >= 11 is 0. The van der Waals surface area contributed by atoms with Crippen LogP contribution in [0.15, 0.2) is 91.0 Å². The van der Waals surface area contributed by atoms with Crippen LogP contribution < -0.4 is 50.4 Å². The van der Waals surface area contributed by atoms with Crippen LogP contribution in [0.2, 0.25) is 0 Å². The summed E-state index contributed by atoms with van der Waals surface area (Å²) in [6.07, 6.45) is 0.682. The molecule has 0 fully saturated rings. The van der Waals surface area contributed by atoms with E-state index in [2.05, 4.69) is 36.7 Å². The Hall–Kier alpha value is -6.60. The number of nitrogens with one attached hydrogen (secondary N) is 3. The van der Waals surface area contributed by atoms with Crippen LogP contribution >= 0.6 is 21.6 Å². The summed E-state index contributed by atoms with van der Waals surface area (Å²) in [6.45, 7) is 6.24.